The molecule has 5 nitrogen and oxygen atoms in total. The van der Waals surface area contributed by atoms with E-state index < -0.39 is 17.6 Å². The molecule has 2 N–H and O–H groups in total. The molecule has 2 aromatic carbocycles. The number of carbonyl (C=O) groups is 2. The molecule has 0 heterocycles. The third-order valence-electron chi connectivity index (χ3n) is 2.77. The van der Waals surface area contributed by atoms with Crippen LogP contribution in [0.1, 0.15) is 0 Å². The fraction of sp³-hybridized carbons (Fsp3) is 0.125. The van der Waals surface area contributed by atoms with Crippen molar-refractivity contribution in [2.24, 2.45) is 0 Å². The molecule has 0 fully saturated rings. The number of anilines is 1. The van der Waals surface area contributed by atoms with E-state index in [1.165, 1.54) is 24.3 Å². The molecule has 2 amide bonds. The lowest BCUT2D eigenvalue weighted by atomic mass is 10.3. The van der Waals surface area contributed by atoms with Crippen molar-refractivity contribution >= 4 is 29.1 Å². The predicted molar refractivity (Wildman–Crippen MR) is 85.0 cm³/mol. The average Bonchev–Trinajstić information content (AvgIpc) is 2.54. The Morgan fingerprint density at radius 1 is 1.04 bits per heavy atom. The highest BCUT2D eigenvalue weighted by Crippen LogP contribution is 2.22. The molecule has 2 rings (SSSR count). The third-order valence-corrected chi connectivity index (χ3v) is 3.08. The summed E-state index contributed by atoms with van der Waals surface area (Å²) in [6, 6.07) is 12.1. The number of hydrogen-bond donors (Lipinski definition) is 2. The van der Waals surface area contributed by atoms with E-state index in [1.807, 2.05) is 0 Å². The van der Waals surface area contributed by atoms with Crippen LogP contribution >= 0.6 is 11.6 Å². The highest BCUT2D eigenvalue weighted by atomic mass is 35.5. The highest BCUT2D eigenvalue weighted by Gasteiger charge is 2.08. The summed E-state index contributed by atoms with van der Waals surface area (Å²) < 4.78 is 18.0. The molecule has 0 unspecified atom stereocenters. The van der Waals surface area contributed by atoms with Gasteiger partial charge in [0.05, 0.1) is 11.6 Å². The zero-order valence-electron chi connectivity index (χ0n) is 12.0. The molecular weight excluding hydrogens is 323 g/mol. The molecule has 0 radical (unpaired) electrons. The Bertz CT molecular complexity index is 692. The quantitative estimate of drug-likeness (QED) is 0.852. The summed E-state index contributed by atoms with van der Waals surface area (Å²) in [5, 5.41) is 5.33. The minimum Gasteiger partial charge on any atom is -0.482 e. The van der Waals surface area contributed by atoms with E-state index in [2.05, 4.69) is 10.6 Å². The Kier molecular flexibility index (Phi) is 5.94. The first-order valence-corrected chi connectivity index (χ1v) is 7.12. The Morgan fingerprint density at radius 3 is 2.43 bits per heavy atom. The maximum absolute atomic E-state index is 12.7. The molecule has 120 valence electrons. The van der Waals surface area contributed by atoms with E-state index in [9.17, 15) is 14.0 Å². The lowest BCUT2D eigenvalue weighted by molar-refractivity contribution is -0.125. The van der Waals surface area contributed by atoms with Gasteiger partial charge in [-0.25, -0.2) is 4.39 Å². The SMILES string of the molecule is O=C(COc1ccccc1Cl)NCC(=O)Nc1ccc(F)cc1. The van der Waals surface area contributed by atoms with Crippen molar-refractivity contribution in [2.45, 2.75) is 0 Å². The Morgan fingerprint density at radius 2 is 1.74 bits per heavy atom. The molecular formula is C16H14ClFN2O3. The molecule has 0 aliphatic rings. The Labute approximate surface area is 137 Å². The first kappa shape index (κ1) is 16.8. The fourth-order valence-corrected chi connectivity index (χ4v) is 1.86. The smallest absolute Gasteiger partial charge is 0.258 e. The molecule has 0 atom stereocenters. The standard InChI is InChI=1S/C16H14ClFN2O3/c17-13-3-1-2-4-14(13)23-10-16(22)19-9-15(21)20-12-7-5-11(18)6-8-12/h1-8H,9-10H2,(H,19,22)(H,20,21). The number of carbonyl (C=O) groups excluding carboxylic acids is 2. The van der Waals surface area contributed by atoms with Crippen molar-refractivity contribution in [1.29, 1.82) is 0 Å². The lowest BCUT2D eigenvalue weighted by Gasteiger charge is -2.09. The maximum atomic E-state index is 12.7. The van der Waals surface area contributed by atoms with Crippen LogP contribution in [0.4, 0.5) is 10.1 Å². The number of nitrogens with one attached hydrogen (secondary N) is 2. The lowest BCUT2D eigenvalue weighted by Crippen LogP contribution is -2.35. The molecule has 2 aromatic rings. The number of hydrogen-bond acceptors (Lipinski definition) is 3. The van der Waals surface area contributed by atoms with Crippen molar-refractivity contribution in [2.75, 3.05) is 18.5 Å². The second kappa shape index (κ2) is 8.14. The van der Waals surface area contributed by atoms with Gasteiger partial charge in [0.15, 0.2) is 6.61 Å². The number of halogens is 2. The van der Waals surface area contributed by atoms with Gasteiger partial charge in [0.1, 0.15) is 11.6 Å². The summed E-state index contributed by atoms with van der Waals surface area (Å²) in [5.74, 6) is -0.894. The molecule has 0 aliphatic heterocycles. The second-order valence-electron chi connectivity index (χ2n) is 4.55. The van der Waals surface area contributed by atoms with Crippen LogP contribution < -0.4 is 15.4 Å². The topological polar surface area (TPSA) is 67.4 Å². The second-order valence-corrected chi connectivity index (χ2v) is 4.96. The molecule has 0 spiro atoms. The first-order chi connectivity index (χ1) is 11.0. The molecule has 23 heavy (non-hydrogen) atoms. The van der Waals surface area contributed by atoms with Crippen LogP contribution in [-0.2, 0) is 9.59 Å². The van der Waals surface area contributed by atoms with Gasteiger partial charge in [-0.1, -0.05) is 23.7 Å². The number of para-hydroxylation sites is 1. The minimum absolute atomic E-state index is 0.220. The van der Waals surface area contributed by atoms with Crippen molar-refractivity contribution in [1.82, 2.24) is 5.32 Å². The molecule has 0 saturated carbocycles. The summed E-state index contributed by atoms with van der Waals surface area (Å²) in [5.41, 5.74) is 0.443. The largest absolute Gasteiger partial charge is 0.482 e. The van der Waals surface area contributed by atoms with Gasteiger partial charge in [0.2, 0.25) is 5.91 Å². The van der Waals surface area contributed by atoms with E-state index >= 15 is 0 Å². The van der Waals surface area contributed by atoms with Crippen LogP contribution in [0.3, 0.4) is 0 Å². The van der Waals surface area contributed by atoms with Crippen molar-refractivity contribution in [3.8, 4) is 5.75 Å². The van der Waals surface area contributed by atoms with Crippen LogP contribution in [0.25, 0.3) is 0 Å². The predicted octanol–water partition coefficient (Wildman–Crippen LogP) is 2.61. The number of benzene rings is 2. The van der Waals surface area contributed by atoms with E-state index in [1.54, 1.807) is 24.3 Å². The van der Waals surface area contributed by atoms with Gasteiger partial charge in [-0.05, 0) is 36.4 Å². The summed E-state index contributed by atoms with van der Waals surface area (Å²) in [6.45, 7) is -0.477. The monoisotopic (exact) mass is 336 g/mol. The van der Waals surface area contributed by atoms with Gasteiger partial charge in [-0.2, -0.15) is 0 Å². The first-order valence-electron chi connectivity index (χ1n) is 6.74. The number of rotatable bonds is 6. The van der Waals surface area contributed by atoms with Crippen LogP contribution in [-0.4, -0.2) is 25.0 Å². The van der Waals surface area contributed by atoms with E-state index in [-0.39, 0.29) is 13.2 Å². The van der Waals surface area contributed by atoms with Gasteiger partial charge < -0.3 is 15.4 Å². The molecule has 0 saturated heterocycles. The van der Waals surface area contributed by atoms with E-state index in [0.29, 0.717) is 16.5 Å². The summed E-state index contributed by atoms with van der Waals surface area (Å²) in [6.07, 6.45) is 0. The van der Waals surface area contributed by atoms with Crippen LogP contribution in [0, 0.1) is 5.82 Å². The van der Waals surface area contributed by atoms with Gasteiger partial charge in [0.25, 0.3) is 5.91 Å². The highest BCUT2D eigenvalue weighted by molar-refractivity contribution is 6.32. The van der Waals surface area contributed by atoms with Crippen molar-refractivity contribution in [3.05, 3.63) is 59.4 Å². The van der Waals surface area contributed by atoms with Gasteiger partial charge >= 0.3 is 0 Å². The normalized spacial score (nSPS) is 10.0. The summed E-state index contributed by atoms with van der Waals surface area (Å²) in [7, 11) is 0. The third kappa shape index (κ3) is 5.60. The summed E-state index contributed by atoms with van der Waals surface area (Å²) in [4.78, 5) is 23.3. The van der Waals surface area contributed by atoms with Gasteiger partial charge in [0, 0.05) is 5.69 Å². The number of ether oxygens (including phenoxy) is 1. The van der Waals surface area contributed by atoms with Crippen molar-refractivity contribution < 1.29 is 18.7 Å². The molecule has 0 bridgehead atoms. The van der Waals surface area contributed by atoms with Crippen LogP contribution in [0.15, 0.2) is 48.5 Å². The zero-order chi connectivity index (χ0) is 16.7. The fourth-order valence-electron chi connectivity index (χ4n) is 1.67. The van der Waals surface area contributed by atoms with Gasteiger partial charge in [-0.3, -0.25) is 9.59 Å². The van der Waals surface area contributed by atoms with E-state index in [4.69, 9.17) is 16.3 Å². The Hall–Kier alpha value is -2.60. The summed E-state index contributed by atoms with van der Waals surface area (Å²) >= 11 is 5.89. The Balaban J connectivity index is 1.72. The zero-order valence-corrected chi connectivity index (χ0v) is 12.8. The number of amides is 2. The van der Waals surface area contributed by atoms with Gasteiger partial charge in [-0.15, -0.1) is 0 Å². The molecule has 0 aliphatic carbocycles. The minimum atomic E-state index is -0.459. The van der Waals surface area contributed by atoms with Crippen LogP contribution in [0.2, 0.25) is 5.02 Å². The molecule has 0 aromatic heterocycles. The van der Waals surface area contributed by atoms with E-state index in [0.717, 1.165) is 0 Å². The van der Waals surface area contributed by atoms with Crippen LogP contribution in [0.5, 0.6) is 5.75 Å². The maximum Gasteiger partial charge on any atom is 0.258 e. The molecule has 7 heteroatoms. The van der Waals surface area contributed by atoms with Crippen molar-refractivity contribution in [3.63, 3.8) is 0 Å². The average molecular weight is 337 g/mol.